The Balaban J connectivity index is -0.000000249. The van der Waals surface area contributed by atoms with E-state index in [1.165, 1.54) is 25.9 Å². The zero-order valence-corrected chi connectivity index (χ0v) is 12.1. The molecule has 0 aromatic carbocycles. The van der Waals surface area contributed by atoms with E-state index in [1.807, 2.05) is 0 Å². The molecule has 0 amide bonds. The van der Waals surface area contributed by atoms with Crippen LogP contribution in [0.5, 0.6) is 0 Å². The third-order valence-electron chi connectivity index (χ3n) is 1.40. The van der Waals surface area contributed by atoms with Crippen LogP contribution in [0.25, 0.3) is 0 Å². The van der Waals surface area contributed by atoms with Crippen molar-refractivity contribution in [1.82, 2.24) is 4.90 Å². The molecule has 0 aliphatic carbocycles. The SMILES string of the molecule is [CH2-]C.[CH2-]CCCN(C)CCC.[Zn+2]. The topological polar surface area (TPSA) is 3.24 Å². The van der Waals surface area contributed by atoms with Crippen LogP contribution < -0.4 is 0 Å². The molecule has 1 nitrogen and oxygen atoms in total. The van der Waals surface area contributed by atoms with Gasteiger partial charge in [-0.05, 0) is 26.6 Å². The van der Waals surface area contributed by atoms with Crippen LogP contribution in [0.2, 0.25) is 0 Å². The third-order valence-corrected chi connectivity index (χ3v) is 1.40. The van der Waals surface area contributed by atoms with E-state index in [0.29, 0.717) is 0 Å². The van der Waals surface area contributed by atoms with Gasteiger partial charge in [-0.15, -0.1) is 0 Å². The smallest absolute Gasteiger partial charge is 0.346 e. The van der Waals surface area contributed by atoms with E-state index in [-0.39, 0.29) is 19.5 Å². The van der Waals surface area contributed by atoms with Gasteiger partial charge in [0.2, 0.25) is 0 Å². The van der Waals surface area contributed by atoms with Crippen LogP contribution in [-0.4, -0.2) is 25.0 Å². The van der Waals surface area contributed by atoms with E-state index in [4.69, 9.17) is 0 Å². The van der Waals surface area contributed by atoms with Crippen molar-refractivity contribution in [1.29, 1.82) is 0 Å². The summed E-state index contributed by atoms with van der Waals surface area (Å²) in [7, 11) is 2.17. The van der Waals surface area contributed by atoms with Crippen LogP contribution in [0.4, 0.5) is 0 Å². The zero-order valence-electron chi connectivity index (χ0n) is 9.10. The van der Waals surface area contributed by atoms with Gasteiger partial charge in [-0.2, -0.15) is 13.3 Å². The molecule has 2 heteroatoms. The summed E-state index contributed by atoms with van der Waals surface area (Å²) in [6.45, 7) is 13.4. The number of unbranched alkanes of at least 4 members (excludes halogenated alkanes) is 1. The molecule has 0 aromatic heterocycles. The van der Waals surface area contributed by atoms with Gasteiger partial charge in [0.15, 0.2) is 0 Å². The Labute approximate surface area is 91.7 Å². The Bertz CT molecular complexity index is 57.8. The second-order valence-electron chi connectivity index (χ2n) is 2.51. The minimum atomic E-state index is 0. The van der Waals surface area contributed by atoms with Crippen molar-refractivity contribution >= 4 is 0 Å². The molecule has 0 N–H and O–H groups in total. The summed E-state index contributed by atoms with van der Waals surface area (Å²) in [5, 5.41) is 0. The van der Waals surface area contributed by atoms with Gasteiger partial charge >= 0.3 is 19.5 Å². The predicted molar refractivity (Wildman–Crippen MR) is 53.4 cm³/mol. The first-order valence-corrected chi connectivity index (χ1v) is 4.49. The first-order valence-electron chi connectivity index (χ1n) is 4.49. The minimum absolute atomic E-state index is 0. The van der Waals surface area contributed by atoms with E-state index in [2.05, 4.69) is 32.7 Å². The molecule has 0 bridgehead atoms. The van der Waals surface area contributed by atoms with Crippen LogP contribution in [-0.2, 0) is 19.5 Å². The summed E-state index contributed by atoms with van der Waals surface area (Å²) in [4.78, 5) is 2.35. The Morgan fingerprint density at radius 1 is 1.17 bits per heavy atom. The minimum Gasteiger partial charge on any atom is -0.346 e. The summed E-state index contributed by atoms with van der Waals surface area (Å²) in [6, 6.07) is 0. The van der Waals surface area contributed by atoms with E-state index >= 15 is 0 Å². The summed E-state index contributed by atoms with van der Waals surface area (Å²) in [5.41, 5.74) is 0. The quantitative estimate of drug-likeness (QED) is 0.511. The van der Waals surface area contributed by atoms with Crippen molar-refractivity contribution in [3.63, 3.8) is 0 Å². The fraction of sp³-hybridized carbons (Fsp3) is 0.800. The molecule has 0 radical (unpaired) electrons. The second kappa shape index (κ2) is 17.6. The third kappa shape index (κ3) is 16.9. The van der Waals surface area contributed by atoms with Crippen molar-refractivity contribution in [3.8, 4) is 0 Å². The molecule has 0 heterocycles. The van der Waals surface area contributed by atoms with Crippen LogP contribution in [0.3, 0.4) is 0 Å². The first-order chi connectivity index (χ1) is 5.31. The molecule has 0 aliphatic rings. The Hall–Kier alpha value is 0.583. The van der Waals surface area contributed by atoms with Crippen LogP contribution in [0.1, 0.15) is 33.1 Å². The van der Waals surface area contributed by atoms with Crippen LogP contribution >= 0.6 is 0 Å². The van der Waals surface area contributed by atoms with Crippen LogP contribution in [0, 0.1) is 13.8 Å². The average molecular weight is 223 g/mol. The maximum atomic E-state index is 3.79. The standard InChI is InChI=1S/C8H18N.C2H5.Zn/c1-4-6-8-9(3)7-5-2;1-2;/h1,4-8H2,2-3H3;1H2,2H3;/q2*-1;+2. The Morgan fingerprint density at radius 3 is 2.00 bits per heavy atom. The van der Waals surface area contributed by atoms with Gasteiger partial charge in [0.1, 0.15) is 0 Å². The van der Waals surface area contributed by atoms with Crippen molar-refractivity contribution in [2.24, 2.45) is 0 Å². The predicted octanol–water partition coefficient (Wildman–Crippen LogP) is 2.78. The molecule has 12 heavy (non-hydrogen) atoms. The van der Waals surface area contributed by atoms with Gasteiger partial charge < -0.3 is 18.7 Å². The molecular weight excluding hydrogens is 200 g/mol. The second-order valence-corrected chi connectivity index (χ2v) is 2.51. The number of rotatable bonds is 5. The number of nitrogens with zero attached hydrogens (tertiary/aromatic N) is 1. The van der Waals surface area contributed by atoms with Gasteiger partial charge in [-0.1, -0.05) is 13.3 Å². The largest absolute Gasteiger partial charge is 2.00 e. The molecule has 0 atom stereocenters. The van der Waals surface area contributed by atoms with Crippen molar-refractivity contribution in [3.05, 3.63) is 13.8 Å². The summed E-state index contributed by atoms with van der Waals surface area (Å²) in [6.07, 6.45) is 3.55. The zero-order chi connectivity index (χ0) is 9.11. The average Bonchev–Trinajstić information content (AvgIpc) is 2.05. The molecule has 0 saturated carbocycles. The summed E-state index contributed by atoms with van der Waals surface area (Å²) >= 11 is 0. The fourth-order valence-corrected chi connectivity index (χ4v) is 0.875. The fourth-order valence-electron chi connectivity index (χ4n) is 0.875. The van der Waals surface area contributed by atoms with Crippen molar-refractivity contribution in [2.45, 2.75) is 33.1 Å². The Morgan fingerprint density at radius 2 is 1.67 bits per heavy atom. The molecule has 70 valence electrons. The molecule has 0 fully saturated rings. The maximum Gasteiger partial charge on any atom is 2.00 e. The number of hydrogen-bond donors (Lipinski definition) is 0. The van der Waals surface area contributed by atoms with E-state index < -0.39 is 0 Å². The summed E-state index contributed by atoms with van der Waals surface area (Å²) in [5.74, 6) is 0. The van der Waals surface area contributed by atoms with Crippen molar-refractivity contribution in [2.75, 3.05) is 20.1 Å². The van der Waals surface area contributed by atoms with Crippen molar-refractivity contribution < 1.29 is 19.5 Å². The number of hydrogen-bond acceptors (Lipinski definition) is 1. The van der Waals surface area contributed by atoms with E-state index in [1.54, 1.807) is 6.92 Å². The van der Waals surface area contributed by atoms with Gasteiger partial charge in [-0.25, -0.2) is 0 Å². The van der Waals surface area contributed by atoms with Gasteiger partial charge in [0.05, 0.1) is 0 Å². The van der Waals surface area contributed by atoms with E-state index in [0.717, 1.165) is 6.42 Å². The molecule has 0 aliphatic heterocycles. The first kappa shape index (κ1) is 18.4. The molecular formula is C10H23NZn. The van der Waals surface area contributed by atoms with E-state index in [9.17, 15) is 0 Å². The normalized spacial score (nSPS) is 8.50. The van der Waals surface area contributed by atoms with Gasteiger partial charge in [-0.3, -0.25) is 0 Å². The van der Waals surface area contributed by atoms with Crippen LogP contribution in [0.15, 0.2) is 0 Å². The monoisotopic (exact) mass is 221 g/mol. The van der Waals surface area contributed by atoms with Gasteiger partial charge in [0.25, 0.3) is 0 Å². The molecule has 0 spiro atoms. The Kier molecular flexibility index (Phi) is 27.0. The molecule has 0 saturated heterocycles. The maximum absolute atomic E-state index is 3.79. The molecule has 0 aromatic rings. The van der Waals surface area contributed by atoms with Gasteiger partial charge in [0, 0.05) is 0 Å². The summed E-state index contributed by atoms with van der Waals surface area (Å²) < 4.78 is 0. The molecule has 0 unspecified atom stereocenters. The molecule has 0 rings (SSSR count).